The third-order valence-electron chi connectivity index (χ3n) is 16.6. The van der Waals surface area contributed by atoms with Crippen LogP contribution in [-0.2, 0) is 71.1 Å². The Morgan fingerprint density at radius 1 is 0.191 bits per heavy atom. The molecule has 41 nitrogen and oxygen atoms in total. The van der Waals surface area contributed by atoms with Crippen molar-refractivity contribution in [3.63, 3.8) is 0 Å². The lowest BCUT2D eigenvalue weighted by Crippen LogP contribution is -2.68. The van der Waals surface area contributed by atoms with E-state index in [4.69, 9.17) is 71.1 Å². The lowest BCUT2D eigenvalue weighted by Gasteiger charge is -2.50. The van der Waals surface area contributed by atoms with E-state index in [0.717, 1.165) is 0 Å². The molecule has 0 aromatic heterocycles. The van der Waals surface area contributed by atoms with Crippen LogP contribution in [0, 0.1) is 0 Å². The molecule has 0 bridgehead atoms. The van der Waals surface area contributed by atoms with E-state index < -0.39 is 299 Å². The van der Waals surface area contributed by atoms with Crippen LogP contribution in [0.3, 0.4) is 0 Å². The Labute approximate surface area is 501 Å². The largest absolute Gasteiger partial charge is 0.394 e. The zero-order chi connectivity index (χ0) is 65.4. The summed E-state index contributed by atoms with van der Waals surface area (Å²) in [6, 6.07) is 0. The molecule has 0 aromatic rings. The third kappa shape index (κ3) is 15.5. The summed E-state index contributed by atoms with van der Waals surface area (Å²) >= 11 is 0. The van der Waals surface area contributed by atoms with Crippen LogP contribution in [0.4, 0.5) is 0 Å². The molecule has 0 aromatic carbocycles. The van der Waals surface area contributed by atoms with E-state index in [-0.39, 0.29) is 0 Å². The number of aliphatic hydroxyl groups is 26. The normalized spacial score (nSPS) is 53.6. The smallest absolute Gasteiger partial charge is 0.187 e. The second-order valence-electron chi connectivity index (χ2n) is 22.5. The highest BCUT2D eigenvalue weighted by atomic mass is 16.8. The Morgan fingerprint density at radius 2 is 0.393 bits per heavy atom. The topological polar surface area (TPSA) is 664 Å². The minimum Gasteiger partial charge on any atom is -0.394 e. The summed E-state index contributed by atoms with van der Waals surface area (Å²) in [4.78, 5) is 0. The molecule has 89 heavy (non-hydrogen) atoms. The first-order valence-corrected chi connectivity index (χ1v) is 28.2. The maximum absolute atomic E-state index is 11.9. The SMILES string of the molecule is OC[C@H]1O[C@H](OC[C@H]2O[C@@H](O[C@H]3[C@H](O)[C@H](O)[C@H](O[C@H]4[C@H](O)[C@H](O)[C@H](O[C@H]5[C@H](O)[C@H](O)C(O)O[C@@H]5CO[C@H]5O[C@H](CO)[C@H](O)[C@H](O)[C@H]5O)O[C@@H]4CO)O[C@@H]3CO[C@H]3O[C@H](CO)[C@H](O)[C@H](O)[C@H]3O)[C@@H](O)[C@@H](O)[C@@H]2O[C@@H]2O[C@H](CO)[C@@H](O)[C@H](O)[C@@H]2O)[C@H](O)[C@@H](O)[C@H]1O. The van der Waals surface area contributed by atoms with Gasteiger partial charge in [0, 0.05) is 0 Å². The van der Waals surface area contributed by atoms with Crippen molar-refractivity contribution in [2.24, 2.45) is 0 Å². The second-order valence-corrected chi connectivity index (χ2v) is 22.5. The number of hydrogen-bond donors (Lipinski definition) is 26. The van der Waals surface area contributed by atoms with Gasteiger partial charge in [0.1, 0.15) is 195 Å². The predicted molar refractivity (Wildman–Crippen MR) is 264 cm³/mol. The highest BCUT2D eigenvalue weighted by molar-refractivity contribution is 5.01. The summed E-state index contributed by atoms with van der Waals surface area (Å²) in [7, 11) is 0. The number of ether oxygens (including phenoxy) is 15. The first-order valence-electron chi connectivity index (χ1n) is 28.2. The van der Waals surface area contributed by atoms with Crippen LogP contribution in [0.1, 0.15) is 0 Å². The highest BCUT2D eigenvalue weighted by Crippen LogP contribution is 2.38. The van der Waals surface area contributed by atoms with Gasteiger partial charge in [-0.25, -0.2) is 0 Å². The van der Waals surface area contributed by atoms with Crippen molar-refractivity contribution in [2.45, 2.75) is 246 Å². The molecule has 8 aliphatic heterocycles. The Hall–Kier alpha value is -1.64. The molecule has 0 amide bonds. The van der Waals surface area contributed by atoms with Gasteiger partial charge in [-0.3, -0.25) is 0 Å². The average Bonchev–Trinajstić information content (AvgIpc) is 1.27. The molecule has 1 unspecified atom stereocenters. The van der Waals surface area contributed by atoms with Gasteiger partial charge in [0.2, 0.25) is 0 Å². The fraction of sp³-hybridized carbons (Fsp3) is 1.00. The zero-order valence-corrected chi connectivity index (χ0v) is 46.5. The predicted octanol–water partition coefficient (Wildman–Crippen LogP) is -18.5. The molecule has 0 spiro atoms. The fourth-order valence-electron chi connectivity index (χ4n) is 11.2. The summed E-state index contributed by atoms with van der Waals surface area (Å²) < 4.78 is 84.7. The molecule has 8 heterocycles. The van der Waals surface area contributed by atoms with E-state index in [1.807, 2.05) is 0 Å². The monoisotopic (exact) mass is 1310 g/mol. The molecule has 0 saturated carbocycles. The third-order valence-corrected chi connectivity index (χ3v) is 16.6. The maximum atomic E-state index is 11.9. The molecule has 520 valence electrons. The summed E-state index contributed by atoms with van der Waals surface area (Å²) in [5.74, 6) is 0. The number of hydrogen-bond acceptors (Lipinski definition) is 41. The van der Waals surface area contributed by atoms with Gasteiger partial charge in [0.15, 0.2) is 50.3 Å². The zero-order valence-electron chi connectivity index (χ0n) is 46.5. The van der Waals surface area contributed by atoms with Gasteiger partial charge in [-0.05, 0) is 0 Å². The van der Waals surface area contributed by atoms with E-state index in [0.29, 0.717) is 0 Å². The van der Waals surface area contributed by atoms with E-state index >= 15 is 0 Å². The molecule has 0 radical (unpaired) electrons. The van der Waals surface area contributed by atoms with E-state index in [1.54, 1.807) is 0 Å². The minimum absolute atomic E-state index is 0.854. The molecule has 26 N–H and O–H groups in total. The van der Waals surface area contributed by atoms with Crippen LogP contribution in [0.15, 0.2) is 0 Å². The Kier molecular flexibility index (Phi) is 25.9. The lowest BCUT2D eigenvalue weighted by atomic mass is 9.95. The quantitative estimate of drug-likeness (QED) is 0.0479. The van der Waals surface area contributed by atoms with Crippen LogP contribution in [0.25, 0.3) is 0 Å². The average molecular weight is 1320 g/mol. The van der Waals surface area contributed by atoms with Crippen molar-refractivity contribution < 1.29 is 204 Å². The molecule has 0 aliphatic carbocycles. The fourth-order valence-corrected chi connectivity index (χ4v) is 11.2. The molecule has 8 aliphatic rings. The Balaban J connectivity index is 1.02. The Morgan fingerprint density at radius 3 is 0.674 bits per heavy atom. The van der Waals surface area contributed by atoms with Crippen molar-refractivity contribution in [3.05, 3.63) is 0 Å². The molecule has 8 saturated heterocycles. The molecule has 8 fully saturated rings. The van der Waals surface area contributed by atoms with Gasteiger partial charge in [0.25, 0.3) is 0 Å². The minimum atomic E-state index is -2.42. The first kappa shape index (κ1) is 73.2. The number of aliphatic hydroxyl groups excluding tert-OH is 26. The summed E-state index contributed by atoms with van der Waals surface area (Å²) in [5, 5.41) is 278. The first-order chi connectivity index (χ1) is 42.1. The molecule has 8 rings (SSSR count). The van der Waals surface area contributed by atoms with Gasteiger partial charge < -0.3 is 204 Å². The standard InChI is InChI=1S/C48H82O41/c49-1-9-17(54)21(58)30(67)42(79-9)75-6-14-38(25(62)29(66)41(74)78-14)87-46-34(71)26(63)37(13(5-53)83-46)86-47-35(72)27(64)40(16(84-47)8-77-44-32(69)23(60)19(56)11(3-51)81-44)89-48-36(73)28(65)39(88-45-33(70)24(61)20(57)12(4-52)82-45)15(85-48)7-76-43-31(68)22(59)18(55)10(2-50)80-43/h9-74H,1-8H2/t9-,10-,11-,12-,13-,14-,15-,16-,17+,18+,19+,20-,21+,22+,23+,24+,25-,26-,27-,28-,29+,30-,31-,32-,33+,34+,35+,36+,37-,38-,39-,40-,41?,42+,43+,44+,45+,46+,47+,48+/m1/s1. The highest BCUT2D eigenvalue weighted by Gasteiger charge is 2.58. The van der Waals surface area contributed by atoms with Crippen molar-refractivity contribution in [2.75, 3.05) is 52.9 Å². The van der Waals surface area contributed by atoms with Gasteiger partial charge >= 0.3 is 0 Å². The van der Waals surface area contributed by atoms with E-state index in [1.165, 1.54) is 0 Å². The molecule has 40 atom stereocenters. The molecule has 41 heteroatoms. The van der Waals surface area contributed by atoms with Crippen molar-refractivity contribution in [1.29, 1.82) is 0 Å². The van der Waals surface area contributed by atoms with Crippen LogP contribution in [0.2, 0.25) is 0 Å². The Bertz CT molecular complexity index is 2130. The summed E-state index contributed by atoms with van der Waals surface area (Å²) in [6.45, 7) is -7.74. The van der Waals surface area contributed by atoms with Gasteiger partial charge in [-0.15, -0.1) is 0 Å². The van der Waals surface area contributed by atoms with Crippen LogP contribution in [0.5, 0.6) is 0 Å². The summed E-state index contributed by atoms with van der Waals surface area (Å²) in [5.41, 5.74) is 0. The van der Waals surface area contributed by atoms with Crippen molar-refractivity contribution >= 4 is 0 Å². The second kappa shape index (κ2) is 31.5. The lowest BCUT2D eigenvalue weighted by molar-refractivity contribution is -0.398. The van der Waals surface area contributed by atoms with E-state index in [9.17, 15) is 133 Å². The van der Waals surface area contributed by atoms with Gasteiger partial charge in [0.05, 0.1) is 52.9 Å². The van der Waals surface area contributed by atoms with Crippen LogP contribution >= 0.6 is 0 Å². The van der Waals surface area contributed by atoms with Crippen LogP contribution < -0.4 is 0 Å². The maximum Gasteiger partial charge on any atom is 0.187 e. The number of rotatable bonds is 22. The van der Waals surface area contributed by atoms with Crippen LogP contribution in [-0.4, -0.2) is 431 Å². The van der Waals surface area contributed by atoms with Crippen molar-refractivity contribution in [1.82, 2.24) is 0 Å². The van der Waals surface area contributed by atoms with Gasteiger partial charge in [-0.2, -0.15) is 0 Å². The van der Waals surface area contributed by atoms with E-state index in [2.05, 4.69) is 0 Å². The summed E-state index contributed by atoms with van der Waals surface area (Å²) in [6.07, 6.45) is -80.7. The van der Waals surface area contributed by atoms with Gasteiger partial charge in [-0.1, -0.05) is 0 Å². The van der Waals surface area contributed by atoms with Crippen molar-refractivity contribution in [3.8, 4) is 0 Å². The molecular weight excluding hydrogens is 1230 g/mol. The molecular formula is C48H82O41.